The number of hydrogen-bond donors (Lipinski definition) is 1. The Labute approximate surface area is 211 Å². The highest BCUT2D eigenvalue weighted by Crippen LogP contribution is 2.38. The smallest absolute Gasteiger partial charge is 0.251 e. The molecular formula is C29H31N3O2S. The summed E-state index contributed by atoms with van der Waals surface area (Å²) in [5.74, 6) is 0.586. The van der Waals surface area contributed by atoms with Crippen molar-refractivity contribution in [1.82, 2.24) is 10.2 Å². The van der Waals surface area contributed by atoms with Crippen LogP contribution >= 0.6 is 11.8 Å². The molecule has 5 nitrogen and oxygen atoms in total. The van der Waals surface area contributed by atoms with Gasteiger partial charge in [0.15, 0.2) is 0 Å². The van der Waals surface area contributed by atoms with E-state index in [1.165, 1.54) is 24.1 Å². The average Bonchev–Trinajstić information content (AvgIpc) is 3.57. The van der Waals surface area contributed by atoms with Gasteiger partial charge in [-0.25, -0.2) is 0 Å². The van der Waals surface area contributed by atoms with Gasteiger partial charge in [0.1, 0.15) is 5.37 Å². The molecule has 2 fully saturated rings. The molecule has 3 aromatic rings. The number of thioether (sulfide) groups is 1. The van der Waals surface area contributed by atoms with E-state index in [0.29, 0.717) is 24.4 Å². The molecule has 2 aliphatic heterocycles. The predicted octanol–water partition coefficient (Wildman–Crippen LogP) is 5.03. The van der Waals surface area contributed by atoms with Gasteiger partial charge < -0.3 is 15.1 Å². The molecule has 1 N–H and O–H groups in total. The van der Waals surface area contributed by atoms with Gasteiger partial charge in [-0.15, -0.1) is 11.8 Å². The highest BCUT2D eigenvalue weighted by molar-refractivity contribution is 8.00. The molecule has 0 aromatic heterocycles. The lowest BCUT2D eigenvalue weighted by molar-refractivity contribution is -0.128. The number of nitrogens with one attached hydrogen (secondary N) is 1. The summed E-state index contributed by atoms with van der Waals surface area (Å²) >= 11 is 1.65. The molecule has 2 aliphatic rings. The Morgan fingerprint density at radius 1 is 0.886 bits per heavy atom. The van der Waals surface area contributed by atoms with Crippen molar-refractivity contribution in [1.29, 1.82) is 0 Å². The fourth-order valence-electron chi connectivity index (χ4n) is 4.75. The van der Waals surface area contributed by atoms with Crippen molar-refractivity contribution in [3.05, 3.63) is 101 Å². The van der Waals surface area contributed by atoms with Crippen molar-refractivity contribution in [3.8, 4) is 0 Å². The highest BCUT2D eigenvalue weighted by Gasteiger charge is 2.32. The zero-order valence-corrected chi connectivity index (χ0v) is 20.7. The minimum atomic E-state index is -0.0868. The van der Waals surface area contributed by atoms with Crippen molar-refractivity contribution in [2.45, 2.75) is 31.2 Å². The van der Waals surface area contributed by atoms with Crippen molar-refractivity contribution in [3.63, 3.8) is 0 Å². The molecule has 6 heteroatoms. The molecule has 35 heavy (non-hydrogen) atoms. The summed E-state index contributed by atoms with van der Waals surface area (Å²) in [4.78, 5) is 29.6. The Bertz CT molecular complexity index is 1140. The lowest BCUT2D eigenvalue weighted by atomic mass is 10.1. The molecule has 0 bridgehead atoms. The van der Waals surface area contributed by atoms with Crippen LogP contribution in [0.4, 0.5) is 5.69 Å². The number of amides is 2. The third-order valence-corrected chi connectivity index (χ3v) is 8.03. The Morgan fingerprint density at radius 2 is 1.60 bits per heavy atom. The quantitative estimate of drug-likeness (QED) is 0.486. The van der Waals surface area contributed by atoms with Crippen LogP contribution in [0.15, 0.2) is 78.9 Å². The first-order chi connectivity index (χ1) is 17.2. The largest absolute Gasteiger partial charge is 0.372 e. The van der Waals surface area contributed by atoms with E-state index >= 15 is 0 Å². The molecule has 0 saturated carbocycles. The molecule has 0 aliphatic carbocycles. The Balaban J connectivity index is 1.16. The molecule has 5 rings (SSSR count). The van der Waals surface area contributed by atoms with Gasteiger partial charge in [0, 0.05) is 37.4 Å². The minimum absolute atomic E-state index is 0.00237. The van der Waals surface area contributed by atoms with E-state index in [4.69, 9.17) is 0 Å². The number of carbonyl (C=O) groups excluding carboxylic acids is 2. The fraction of sp³-hybridized carbons (Fsp3) is 0.310. The van der Waals surface area contributed by atoms with E-state index in [0.717, 1.165) is 30.6 Å². The van der Waals surface area contributed by atoms with Gasteiger partial charge in [0.2, 0.25) is 5.91 Å². The van der Waals surface area contributed by atoms with Crippen LogP contribution in [0.5, 0.6) is 0 Å². The van der Waals surface area contributed by atoms with Gasteiger partial charge in [-0.1, -0.05) is 54.6 Å². The number of benzene rings is 3. The van der Waals surface area contributed by atoms with Crippen LogP contribution in [-0.2, 0) is 17.8 Å². The monoisotopic (exact) mass is 485 g/mol. The summed E-state index contributed by atoms with van der Waals surface area (Å²) in [5, 5.41) is 3.02. The van der Waals surface area contributed by atoms with Crippen LogP contribution in [0, 0.1) is 0 Å². The van der Waals surface area contributed by atoms with Crippen LogP contribution < -0.4 is 10.2 Å². The van der Waals surface area contributed by atoms with Gasteiger partial charge in [-0.05, 0) is 60.2 Å². The third-order valence-electron chi connectivity index (χ3n) is 6.77. The summed E-state index contributed by atoms with van der Waals surface area (Å²) in [5.41, 5.74) is 5.27. The molecule has 2 heterocycles. The number of hydrogen-bond acceptors (Lipinski definition) is 4. The van der Waals surface area contributed by atoms with Crippen molar-refractivity contribution < 1.29 is 9.59 Å². The lowest BCUT2D eigenvalue weighted by Crippen LogP contribution is -2.30. The van der Waals surface area contributed by atoms with Gasteiger partial charge >= 0.3 is 0 Å². The maximum absolute atomic E-state index is 12.7. The summed E-state index contributed by atoms with van der Waals surface area (Å²) in [7, 11) is 0. The Hall–Kier alpha value is -3.25. The topological polar surface area (TPSA) is 52.7 Å². The second-order valence-electron chi connectivity index (χ2n) is 9.15. The van der Waals surface area contributed by atoms with Crippen LogP contribution in [0.2, 0.25) is 0 Å². The lowest BCUT2D eigenvalue weighted by Gasteiger charge is -2.24. The SMILES string of the molecule is O=C(NCc1ccc(N2CCCC2)cc1)c1ccc(C2SCC(=O)N2CCc2ccccc2)cc1. The zero-order valence-electron chi connectivity index (χ0n) is 19.9. The first-order valence-corrected chi connectivity index (χ1v) is 13.4. The molecule has 1 unspecified atom stereocenters. The molecular weight excluding hydrogens is 454 g/mol. The fourth-order valence-corrected chi connectivity index (χ4v) is 5.97. The highest BCUT2D eigenvalue weighted by atomic mass is 32.2. The molecule has 1 atom stereocenters. The summed E-state index contributed by atoms with van der Waals surface area (Å²) in [6.07, 6.45) is 3.36. The van der Waals surface area contributed by atoms with Crippen LogP contribution in [0.3, 0.4) is 0 Å². The summed E-state index contributed by atoms with van der Waals surface area (Å²) < 4.78 is 0. The normalized spacial score (nSPS) is 17.7. The number of anilines is 1. The first-order valence-electron chi connectivity index (χ1n) is 12.3. The van der Waals surface area contributed by atoms with E-state index in [1.54, 1.807) is 11.8 Å². The van der Waals surface area contributed by atoms with Crippen LogP contribution in [0.1, 0.15) is 45.3 Å². The maximum atomic E-state index is 12.7. The second kappa shape index (κ2) is 11.0. The van der Waals surface area contributed by atoms with E-state index < -0.39 is 0 Å². The average molecular weight is 486 g/mol. The van der Waals surface area contributed by atoms with Gasteiger partial charge in [0.05, 0.1) is 5.75 Å². The summed E-state index contributed by atoms with van der Waals surface area (Å²) in [6, 6.07) is 26.4. The molecule has 0 spiro atoms. The Kier molecular flexibility index (Phi) is 7.38. The van der Waals surface area contributed by atoms with Crippen molar-refractivity contribution in [2.75, 3.05) is 30.3 Å². The zero-order chi connectivity index (χ0) is 24.0. The molecule has 3 aromatic carbocycles. The first kappa shape index (κ1) is 23.5. The number of carbonyl (C=O) groups is 2. The molecule has 180 valence electrons. The van der Waals surface area contributed by atoms with E-state index in [1.807, 2.05) is 47.4 Å². The molecule has 2 amide bonds. The standard InChI is InChI=1S/C29H31N3O2S/c33-27-21-35-29(32(27)19-16-22-6-2-1-3-7-22)25-12-10-24(11-13-25)28(34)30-20-23-8-14-26(15-9-23)31-17-4-5-18-31/h1-3,6-15,29H,4-5,16-21H2,(H,30,34). The van der Waals surface area contributed by atoms with Crippen LogP contribution in [0.25, 0.3) is 0 Å². The number of nitrogens with zero attached hydrogens (tertiary/aromatic N) is 2. The second-order valence-corrected chi connectivity index (χ2v) is 10.2. The van der Waals surface area contributed by atoms with Gasteiger partial charge in [-0.3, -0.25) is 9.59 Å². The minimum Gasteiger partial charge on any atom is -0.372 e. The number of rotatable bonds is 8. The Morgan fingerprint density at radius 3 is 2.31 bits per heavy atom. The maximum Gasteiger partial charge on any atom is 0.251 e. The third kappa shape index (κ3) is 5.70. The molecule has 0 radical (unpaired) electrons. The summed E-state index contributed by atoms with van der Waals surface area (Å²) in [6.45, 7) is 3.45. The van der Waals surface area contributed by atoms with Gasteiger partial charge in [-0.2, -0.15) is 0 Å². The van der Waals surface area contributed by atoms with E-state index in [2.05, 4.69) is 46.6 Å². The van der Waals surface area contributed by atoms with Crippen LogP contribution in [-0.4, -0.2) is 42.1 Å². The predicted molar refractivity (Wildman–Crippen MR) is 143 cm³/mol. The van der Waals surface area contributed by atoms with Crippen molar-refractivity contribution in [2.24, 2.45) is 0 Å². The van der Waals surface area contributed by atoms with Gasteiger partial charge in [0.25, 0.3) is 5.91 Å². The van der Waals surface area contributed by atoms with Crippen molar-refractivity contribution >= 4 is 29.3 Å². The molecule has 2 saturated heterocycles. The van der Waals surface area contributed by atoms with E-state index in [9.17, 15) is 9.59 Å². The van der Waals surface area contributed by atoms with E-state index in [-0.39, 0.29) is 17.2 Å².